The summed E-state index contributed by atoms with van der Waals surface area (Å²) in [5, 5.41) is 3.41. The predicted octanol–water partition coefficient (Wildman–Crippen LogP) is 1.02. The van der Waals surface area contributed by atoms with Gasteiger partial charge in [0.25, 0.3) is 0 Å². The molecule has 1 aliphatic rings. The standard InChI is InChI=1S/C10H15N3/c1-2-9(5-11-3-1)4-10-6-12-8-13-7-10/h6-9,11H,1-5H2/t9-/m1/s1. The molecule has 0 aromatic carbocycles. The van der Waals surface area contributed by atoms with Gasteiger partial charge in [0.05, 0.1) is 0 Å². The van der Waals surface area contributed by atoms with Gasteiger partial charge in [0.15, 0.2) is 0 Å². The molecule has 0 radical (unpaired) electrons. The van der Waals surface area contributed by atoms with Crippen LogP contribution in [0, 0.1) is 5.92 Å². The Hall–Kier alpha value is -0.960. The minimum Gasteiger partial charge on any atom is -0.316 e. The minimum absolute atomic E-state index is 0.778. The van der Waals surface area contributed by atoms with Crippen molar-refractivity contribution in [1.29, 1.82) is 0 Å². The van der Waals surface area contributed by atoms with Gasteiger partial charge in [-0.15, -0.1) is 0 Å². The first-order chi connectivity index (χ1) is 6.45. The van der Waals surface area contributed by atoms with Crippen LogP contribution >= 0.6 is 0 Å². The quantitative estimate of drug-likeness (QED) is 0.733. The summed E-state index contributed by atoms with van der Waals surface area (Å²) in [6.45, 7) is 2.33. The van der Waals surface area contributed by atoms with Gasteiger partial charge < -0.3 is 5.32 Å². The number of aromatic nitrogens is 2. The van der Waals surface area contributed by atoms with Gasteiger partial charge in [0.1, 0.15) is 6.33 Å². The molecule has 13 heavy (non-hydrogen) atoms. The lowest BCUT2D eigenvalue weighted by atomic mass is 9.94. The molecule has 3 heteroatoms. The van der Waals surface area contributed by atoms with Gasteiger partial charge in [-0.2, -0.15) is 0 Å². The third-order valence-corrected chi connectivity index (χ3v) is 2.54. The third-order valence-electron chi connectivity index (χ3n) is 2.54. The van der Waals surface area contributed by atoms with E-state index < -0.39 is 0 Å². The second-order valence-corrected chi connectivity index (χ2v) is 3.66. The average Bonchev–Trinajstić information content (AvgIpc) is 2.21. The van der Waals surface area contributed by atoms with Crippen LogP contribution in [0.1, 0.15) is 18.4 Å². The highest BCUT2D eigenvalue weighted by atomic mass is 14.9. The van der Waals surface area contributed by atoms with Crippen molar-refractivity contribution in [2.75, 3.05) is 13.1 Å². The monoisotopic (exact) mass is 177 g/mol. The summed E-state index contributed by atoms with van der Waals surface area (Å²) in [6, 6.07) is 0. The van der Waals surface area contributed by atoms with Crippen LogP contribution < -0.4 is 5.32 Å². The fourth-order valence-electron chi connectivity index (χ4n) is 1.87. The molecule has 1 aliphatic heterocycles. The normalized spacial score (nSPS) is 22.9. The zero-order valence-corrected chi connectivity index (χ0v) is 7.74. The molecular formula is C10H15N3. The molecule has 0 amide bonds. The first kappa shape index (κ1) is 8.63. The molecule has 0 unspecified atom stereocenters. The van der Waals surface area contributed by atoms with Crippen LogP contribution in [0.4, 0.5) is 0 Å². The molecule has 3 nitrogen and oxygen atoms in total. The highest BCUT2D eigenvalue weighted by Gasteiger charge is 2.13. The lowest BCUT2D eigenvalue weighted by Crippen LogP contribution is -2.30. The molecular weight excluding hydrogens is 162 g/mol. The molecule has 0 saturated carbocycles. The molecule has 0 bridgehead atoms. The molecule has 2 rings (SSSR count). The van der Waals surface area contributed by atoms with E-state index in [1.807, 2.05) is 12.4 Å². The molecule has 0 spiro atoms. The van der Waals surface area contributed by atoms with E-state index in [4.69, 9.17) is 0 Å². The van der Waals surface area contributed by atoms with E-state index >= 15 is 0 Å². The fraction of sp³-hybridized carbons (Fsp3) is 0.600. The van der Waals surface area contributed by atoms with Gasteiger partial charge in [-0.25, -0.2) is 9.97 Å². The molecule has 2 heterocycles. The van der Waals surface area contributed by atoms with Crippen molar-refractivity contribution in [2.24, 2.45) is 5.92 Å². The summed E-state index contributed by atoms with van der Waals surface area (Å²) in [6.07, 6.45) is 9.18. The van der Waals surface area contributed by atoms with E-state index in [0.717, 1.165) is 18.9 Å². The number of hydrogen-bond donors (Lipinski definition) is 1. The summed E-state index contributed by atoms with van der Waals surface area (Å²) in [5.74, 6) is 0.778. The largest absolute Gasteiger partial charge is 0.316 e. The predicted molar refractivity (Wildman–Crippen MR) is 51.3 cm³/mol. The van der Waals surface area contributed by atoms with Crippen LogP contribution in [0.3, 0.4) is 0 Å². The van der Waals surface area contributed by atoms with Crippen molar-refractivity contribution in [3.8, 4) is 0 Å². The summed E-state index contributed by atoms with van der Waals surface area (Å²) < 4.78 is 0. The zero-order valence-electron chi connectivity index (χ0n) is 7.74. The summed E-state index contributed by atoms with van der Waals surface area (Å²) >= 11 is 0. The maximum Gasteiger partial charge on any atom is 0.115 e. The van der Waals surface area contributed by atoms with Gasteiger partial charge >= 0.3 is 0 Å². The Labute approximate surface area is 78.6 Å². The Balaban J connectivity index is 1.90. The molecule has 1 saturated heterocycles. The van der Waals surface area contributed by atoms with E-state index in [2.05, 4.69) is 15.3 Å². The van der Waals surface area contributed by atoms with Crippen LogP contribution in [0.15, 0.2) is 18.7 Å². The average molecular weight is 177 g/mol. The van der Waals surface area contributed by atoms with Crippen LogP contribution in [-0.2, 0) is 6.42 Å². The van der Waals surface area contributed by atoms with Gasteiger partial charge in [0.2, 0.25) is 0 Å². The smallest absolute Gasteiger partial charge is 0.115 e. The second kappa shape index (κ2) is 4.33. The molecule has 1 aromatic rings. The maximum atomic E-state index is 4.02. The van der Waals surface area contributed by atoms with Crippen molar-refractivity contribution in [1.82, 2.24) is 15.3 Å². The van der Waals surface area contributed by atoms with E-state index in [9.17, 15) is 0 Å². The van der Waals surface area contributed by atoms with E-state index in [-0.39, 0.29) is 0 Å². The topological polar surface area (TPSA) is 37.8 Å². The molecule has 1 fully saturated rings. The highest BCUT2D eigenvalue weighted by Crippen LogP contribution is 2.14. The van der Waals surface area contributed by atoms with Crippen molar-refractivity contribution in [3.05, 3.63) is 24.3 Å². The van der Waals surface area contributed by atoms with Crippen LogP contribution in [0.5, 0.6) is 0 Å². The highest BCUT2D eigenvalue weighted by molar-refractivity contribution is 5.03. The third kappa shape index (κ3) is 2.49. The number of hydrogen-bond acceptors (Lipinski definition) is 3. The van der Waals surface area contributed by atoms with Gasteiger partial charge in [-0.3, -0.25) is 0 Å². The summed E-state index contributed by atoms with van der Waals surface area (Å²) in [4.78, 5) is 8.04. The lowest BCUT2D eigenvalue weighted by Gasteiger charge is -2.22. The zero-order chi connectivity index (χ0) is 8.93. The van der Waals surface area contributed by atoms with Crippen molar-refractivity contribution >= 4 is 0 Å². The van der Waals surface area contributed by atoms with Gasteiger partial charge in [-0.1, -0.05) is 0 Å². The van der Waals surface area contributed by atoms with Crippen molar-refractivity contribution in [3.63, 3.8) is 0 Å². The van der Waals surface area contributed by atoms with Crippen LogP contribution in [0.2, 0.25) is 0 Å². The molecule has 1 aromatic heterocycles. The number of nitrogens with one attached hydrogen (secondary N) is 1. The number of nitrogens with zero attached hydrogens (tertiary/aromatic N) is 2. The minimum atomic E-state index is 0.778. The van der Waals surface area contributed by atoms with E-state index in [1.165, 1.54) is 24.9 Å². The molecule has 1 atom stereocenters. The van der Waals surface area contributed by atoms with Crippen LogP contribution in [0.25, 0.3) is 0 Å². The fourth-order valence-corrected chi connectivity index (χ4v) is 1.87. The Morgan fingerprint density at radius 1 is 1.38 bits per heavy atom. The second-order valence-electron chi connectivity index (χ2n) is 3.66. The number of piperidine rings is 1. The lowest BCUT2D eigenvalue weighted by molar-refractivity contribution is 0.375. The SMILES string of the molecule is c1ncc(C[C@H]2CCCNC2)cn1. The summed E-state index contributed by atoms with van der Waals surface area (Å²) in [5.41, 5.74) is 1.26. The first-order valence-corrected chi connectivity index (χ1v) is 4.90. The molecule has 0 aliphatic carbocycles. The summed E-state index contributed by atoms with van der Waals surface area (Å²) in [7, 11) is 0. The number of rotatable bonds is 2. The Kier molecular flexibility index (Phi) is 2.87. The van der Waals surface area contributed by atoms with Crippen LogP contribution in [-0.4, -0.2) is 23.1 Å². The maximum absolute atomic E-state index is 4.02. The Morgan fingerprint density at radius 2 is 2.23 bits per heavy atom. The Morgan fingerprint density at radius 3 is 2.92 bits per heavy atom. The van der Waals surface area contributed by atoms with Gasteiger partial charge in [0, 0.05) is 12.4 Å². The van der Waals surface area contributed by atoms with E-state index in [0.29, 0.717) is 0 Å². The van der Waals surface area contributed by atoms with Crippen molar-refractivity contribution in [2.45, 2.75) is 19.3 Å². The van der Waals surface area contributed by atoms with E-state index in [1.54, 1.807) is 6.33 Å². The molecule has 1 N–H and O–H groups in total. The molecule has 70 valence electrons. The van der Waals surface area contributed by atoms with Crippen molar-refractivity contribution < 1.29 is 0 Å². The first-order valence-electron chi connectivity index (χ1n) is 4.90. The van der Waals surface area contributed by atoms with Gasteiger partial charge in [-0.05, 0) is 43.8 Å². The Bertz CT molecular complexity index is 242.